The number of rotatable bonds is 8. The van der Waals surface area contributed by atoms with Crippen LogP contribution in [0.2, 0.25) is 0 Å². The third-order valence-electron chi connectivity index (χ3n) is 5.36. The second kappa shape index (κ2) is 11.4. The molecule has 0 spiro atoms. The number of nitrogens with zero attached hydrogens (tertiary/aromatic N) is 4. The monoisotopic (exact) mass is 410 g/mol. The number of hydrogen-bond donors (Lipinski definition) is 2. The lowest BCUT2D eigenvalue weighted by molar-refractivity contribution is 0.270. The summed E-state index contributed by atoms with van der Waals surface area (Å²) < 4.78 is 5.70. The van der Waals surface area contributed by atoms with Crippen molar-refractivity contribution in [1.82, 2.24) is 20.5 Å². The van der Waals surface area contributed by atoms with E-state index in [1.54, 1.807) is 7.05 Å². The number of para-hydroxylation sites is 1. The van der Waals surface area contributed by atoms with Crippen molar-refractivity contribution in [3.63, 3.8) is 0 Å². The van der Waals surface area contributed by atoms with Crippen molar-refractivity contribution in [3.05, 3.63) is 53.7 Å². The predicted octanol–water partition coefficient (Wildman–Crippen LogP) is 2.49. The number of nitrogens with one attached hydrogen (secondary N) is 2. The maximum absolute atomic E-state index is 5.70. The minimum atomic E-state index is 0.652. The van der Waals surface area contributed by atoms with Gasteiger partial charge >= 0.3 is 0 Å². The molecule has 0 amide bonds. The molecular formula is C23H34N6O. The molecule has 0 unspecified atom stereocenters. The summed E-state index contributed by atoms with van der Waals surface area (Å²) in [5.41, 5.74) is 2.30. The lowest BCUT2D eigenvalue weighted by atomic mass is 10.2. The van der Waals surface area contributed by atoms with Crippen LogP contribution in [0.3, 0.4) is 0 Å². The van der Waals surface area contributed by atoms with Crippen LogP contribution in [0.25, 0.3) is 0 Å². The van der Waals surface area contributed by atoms with Crippen molar-refractivity contribution in [2.24, 2.45) is 4.99 Å². The Kier molecular flexibility index (Phi) is 8.32. The molecule has 2 heterocycles. The minimum Gasteiger partial charge on any atom is -0.494 e. The fourth-order valence-electron chi connectivity index (χ4n) is 3.57. The first kappa shape index (κ1) is 21.9. The number of guanidine groups is 1. The topological polar surface area (TPSA) is 65.0 Å². The number of aromatic nitrogens is 1. The van der Waals surface area contributed by atoms with Gasteiger partial charge in [-0.2, -0.15) is 0 Å². The van der Waals surface area contributed by atoms with Crippen LogP contribution in [0, 0.1) is 0 Å². The largest absolute Gasteiger partial charge is 0.494 e. The van der Waals surface area contributed by atoms with Crippen molar-refractivity contribution in [2.75, 3.05) is 51.3 Å². The molecule has 1 aromatic carbocycles. The van der Waals surface area contributed by atoms with E-state index in [1.165, 1.54) is 5.56 Å². The Balaban J connectivity index is 1.53. The number of piperazine rings is 1. The average Bonchev–Trinajstić information content (AvgIpc) is 2.80. The Hall–Kier alpha value is -2.80. The van der Waals surface area contributed by atoms with E-state index in [0.717, 1.165) is 55.8 Å². The van der Waals surface area contributed by atoms with Crippen LogP contribution in [0.15, 0.2) is 47.6 Å². The average molecular weight is 411 g/mol. The molecule has 1 aliphatic rings. The lowest BCUT2D eigenvalue weighted by Gasteiger charge is -2.34. The van der Waals surface area contributed by atoms with E-state index >= 15 is 0 Å². The number of anilines is 1. The molecule has 2 aromatic rings. The standard InChI is InChI=1S/C23H34N6O/c1-4-28-12-14-29(15-13-28)22-16-19(10-11-25-22)17-26-23(24-3)27-18-20-8-6-7-9-21(20)30-5-2/h6-11,16H,4-5,12-15,17-18H2,1-3H3,(H2,24,26,27). The van der Waals surface area contributed by atoms with E-state index in [2.05, 4.69) is 55.5 Å². The summed E-state index contributed by atoms with van der Waals surface area (Å²) >= 11 is 0. The van der Waals surface area contributed by atoms with E-state index in [0.29, 0.717) is 19.7 Å². The van der Waals surface area contributed by atoms with Crippen molar-refractivity contribution >= 4 is 11.8 Å². The molecule has 3 rings (SSSR count). The molecule has 1 fully saturated rings. The molecule has 7 nitrogen and oxygen atoms in total. The number of likely N-dealkylation sites (N-methyl/N-ethyl adjacent to an activating group) is 1. The molecule has 0 bridgehead atoms. The van der Waals surface area contributed by atoms with Crippen LogP contribution >= 0.6 is 0 Å². The van der Waals surface area contributed by atoms with Crippen molar-refractivity contribution in [1.29, 1.82) is 0 Å². The van der Waals surface area contributed by atoms with Gasteiger partial charge in [-0.15, -0.1) is 0 Å². The van der Waals surface area contributed by atoms with Gasteiger partial charge in [0.25, 0.3) is 0 Å². The van der Waals surface area contributed by atoms with Crippen LogP contribution < -0.4 is 20.3 Å². The summed E-state index contributed by atoms with van der Waals surface area (Å²) in [6.45, 7) is 11.6. The van der Waals surface area contributed by atoms with Crippen LogP contribution in [-0.4, -0.2) is 62.2 Å². The molecule has 2 N–H and O–H groups in total. The zero-order valence-electron chi connectivity index (χ0n) is 18.4. The number of pyridine rings is 1. The van der Waals surface area contributed by atoms with E-state index in [-0.39, 0.29) is 0 Å². The zero-order chi connectivity index (χ0) is 21.2. The van der Waals surface area contributed by atoms with Gasteiger partial charge in [0.1, 0.15) is 11.6 Å². The van der Waals surface area contributed by atoms with Gasteiger partial charge in [-0.25, -0.2) is 4.98 Å². The highest BCUT2D eigenvalue weighted by Gasteiger charge is 2.16. The molecule has 1 aliphatic heterocycles. The summed E-state index contributed by atoms with van der Waals surface area (Å²) in [5, 5.41) is 6.77. The maximum atomic E-state index is 5.70. The Bertz CT molecular complexity index is 817. The molecular weight excluding hydrogens is 376 g/mol. The third kappa shape index (κ3) is 6.10. The van der Waals surface area contributed by atoms with Gasteiger partial charge in [0.2, 0.25) is 0 Å². The first-order chi connectivity index (χ1) is 14.7. The maximum Gasteiger partial charge on any atom is 0.191 e. The number of aliphatic imine (C=N–C) groups is 1. The van der Waals surface area contributed by atoms with Crippen LogP contribution in [0.5, 0.6) is 5.75 Å². The van der Waals surface area contributed by atoms with Gasteiger partial charge in [0.15, 0.2) is 5.96 Å². The van der Waals surface area contributed by atoms with Gasteiger partial charge in [0.05, 0.1) is 6.61 Å². The van der Waals surface area contributed by atoms with Crippen LogP contribution in [0.4, 0.5) is 5.82 Å². The third-order valence-corrected chi connectivity index (χ3v) is 5.36. The van der Waals surface area contributed by atoms with Crippen LogP contribution in [0.1, 0.15) is 25.0 Å². The number of ether oxygens (including phenoxy) is 1. The summed E-state index contributed by atoms with van der Waals surface area (Å²) in [5.74, 6) is 2.72. The molecule has 1 aromatic heterocycles. The second-order valence-electron chi connectivity index (χ2n) is 7.26. The van der Waals surface area contributed by atoms with E-state index in [9.17, 15) is 0 Å². The predicted molar refractivity (Wildman–Crippen MR) is 123 cm³/mol. The Morgan fingerprint density at radius 2 is 1.83 bits per heavy atom. The van der Waals surface area contributed by atoms with Gasteiger partial charge < -0.3 is 25.2 Å². The van der Waals surface area contributed by atoms with E-state index in [1.807, 2.05) is 31.3 Å². The summed E-state index contributed by atoms with van der Waals surface area (Å²) in [7, 11) is 1.79. The zero-order valence-corrected chi connectivity index (χ0v) is 18.4. The quantitative estimate of drug-likeness (QED) is 0.515. The Morgan fingerprint density at radius 1 is 1.07 bits per heavy atom. The molecule has 7 heteroatoms. The summed E-state index contributed by atoms with van der Waals surface area (Å²) in [4.78, 5) is 13.8. The summed E-state index contributed by atoms with van der Waals surface area (Å²) in [6, 6.07) is 12.3. The van der Waals surface area contributed by atoms with Gasteiger partial charge in [-0.05, 0) is 37.2 Å². The van der Waals surface area contributed by atoms with Gasteiger partial charge in [-0.3, -0.25) is 4.99 Å². The first-order valence-corrected chi connectivity index (χ1v) is 10.8. The fourth-order valence-corrected chi connectivity index (χ4v) is 3.57. The molecule has 1 saturated heterocycles. The van der Waals surface area contributed by atoms with E-state index < -0.39 is 0 Å². The molecule has 0 radical (unpaired) electrons. The molecule has 162 valence electrons. The molecule has 0 aliphatic carbocycles. The molecule has 0 saturated carbocycles. The fraction of sp³-hybridized carbons (Fsp3) is 0.478. The van der Waals surface area contributed by atoms with E-state index in [4.69, 9.17) is 4.74 Å². The number of benzene rings is 1. The highest BCUT2D eigenvalue weighted by atomic mass is 16.5. The smallest absolute Gasteiger partial charge is 0.191 e. The van der Waals surface area contributed by atoms with Crippen molar-refractivity contribution < 1.29 is 4.74 Å². The normalized spacial score (nSPS) is 15.2. The Morgan fingerprint density at radius 3 is 2.57 bits per heavy atom. The SMILES string of the molecule is CCOc1ccccc1CNC(=NC)NCc1ccnc(N2CCN(CC)CC2)c1. The van der Waals surface area contributed by atoms with Crippen molar-refractivity contribution in [3.8, 4) is 5.75 Å². The Labute approximate surface area is 180 Å². The highest BCUT2D eigenvalue weighted by Crippen LogP contribution is 2.18. The summed E-state index contributed by atoms with van der Waals surface area (Å²) in [6.07, 6.45) is 1.90. The number of hydrogen-bond acceptors (Lipinski definition) is 5. The second-order valence-corrected chi connectivity index (χ2v) is 7.26. The van der Waals surface area contributed by atoms with Gasteiger partial charge in [0, 0.05) is 58.1 Å². The molecule has 0 atom stereocenters. The van der Waals surface area contributed by atoms with Crippen molar-refractivity contribution in [2.45, 2.75) is 26.9 Å². The first-order valence-electron chi connectivity index (χ1n) is 10.8. The van der Waals surface area contributed by atoms with Gasteiger partial charge in [-0.1, -0.05) is 25.1 Å². The highest BCUT2D eigenvalue weighted by molar-refractivity contribution is 5.79. The van der Waals surface area contributed by atoms with Crippen LogP contribution in [-0.2, 0) is 13.1 Å². The lowest BCUT2D eigenvalue weighted by Crippen LogP contribution is -2.46. The minimum absolute atomic E-state index is 0.652. The molecule has 30 heavy (non-hydrogen) atoms.